The minimum absolute atomic E-state index is 0.353. The maximum atomic E-state index is 5.84. The molecule has 1 fully saturated rings. The first-order chi connectivity index (χ1) is 9.65. The molecule has 1 saturated carbocycles. The van der Waals surface area contributed by atoms with Gasteiger partial charge in [0.1, 0.15) is 0 Å². The van der Waals surface area contributed by atoms with E-state index in [-0.39, 0.29) is 0 Å². The number of hydrogen-bond donors (Lipinski definition) is 1. The summed E-state index contributed by atoms with van der Waals surface area (Å²) < 4.78 is 5.84. The summed E-state index contributed by atoms with van der Waals surface area (Å²) in [5, 5.41) is 3.69. The highest BCUT2D eigenvalue weighted by Crippen LogP contribution is 2.46. The van der Waals surface area contributed by atoms with Crippen molar-refractivity contribution in [2.24, 2.45) is 16.7 Å². The van der Waals surface area contributed by atoms with Crippen LogP contribution in [0.3, 0.4) is 0 Å². The molecule has 0 radical (unpaired) electrons. The largest absolute Gasteiger partial charge is 0.379 e. The van der Waals surface area contributed by atoms with Crippen LogP contribution >= 0.6 is 0 Å². The summed E-state index contributed by atoms with van der Waals surface area (Å²) in [6, 6.07) is 0.577. The Morgan fingerprint density at radius 2 is 1.67 bits per heavy atom. The molecule has 0 unspecified atom stereocenters. The molecule has 2 nitrogen and oxygen atoms in total. The third-order valence-electron chi connectivity index (χ3n) is 5.24. The van der Waals surface area contributed by atoms with Gasteiger partial charge in [-0.15, -0.1) is 0 Å². The molecule has 126 valence electrons. The number of hydrogen-bond acceptors (Lipinski definition) is 2. The molecular formula is C19H39NO. The topological polar surface area (TPSA) is 21.3 Å². The van der Waals surface area contributed by atoms with E-state index in [1.807, 2.05) is 0 Å². The van der Waals surface area contributed by atoms with Crippen LogP contribution in [-0.2, 0) is 4.74 Å². The molecule has 0 heterocycles. The van der Waals surface area contributed by atoms with Crippen molar-refractivity contribution in [1.82, 2.24) is 5.32 Å². The van der Waals surface area contributed by atoms with Gasteiger partial charge >= 0.3 is 0 Å². The SMILES string of the molecule is CC(C)NCC1(CCOC(C)C)CCC(C(C)(C)C)CC1. The minimum atomic E-state index is 0.353. The van der Waals surface area contributed by atoms with Crippen molar-refractivity contribution in [2.45, 2.75) is 92.7 Å². The average molecular weight is 298 g/mol. The first kappa shape index (κ1) is 19.0. The molecule has 1 aliphatic carbocycles. The molecule has 21 heavy (non-hydrogen) atoms. The Morgan fingerprint density at radius 1 is 1.10 bits per heavy atom. The van der Waals surface area contributed by atoms with E-state index >= 15 is 0 Å². The van der Waals surface area contributed by atoms with Crippen molar-refractivity contribution in [2.75, 3.05) is 13.2 Å². The molecule has 0 aromatic rings. The molecule has 1 aliphatic rings. The lowest BCUT2D eigenvalue weighted by Gasteiger charge is -2.45. The Kier molecular flexibility index (Phi) is 7.19. The first-order valence-electron chi connectivity index (χ1n) is 9.00. The van der Waals surface area contributed by atoms with Crippen LogP contribution in [-0.4, -0.2) is 25.3 Å². The first-order valence-corrected chi connectivity index (χ1v) is 9.00. The lowest BCUT2D eigenvalue weighted by molar-refractivity contribution is 0.0210. The maximum absolute atomic E-state index is 5.84. The molecule has 0 aliphatic heterocycles. The monoisotopic (exact) mass is 297 g/mol. The number of nitrogens with one attached hydrogen (secondary N) is 1. The van der Waals surface area contributed by atoms with Crippen LogP contribution in [0, 0.1) is 16.7 Å². The highest BCUT2D eigenvalue weighted by Gasteiger charge is 2.38. The van der Waals surface area contributed by atoms with E-state index in [1.54, 1.807) is 0 Å². The van der Waals surface area contributed by atoms with Gasteiger partial charge in [-0.25, -0.2) is 0 Å². The van der Waals surface area contributed by atoms with Gasteiger partial charge in [-0.1, -0.05) is 34.6 Å². The van der Waals surface area contributed by atoms with Gasteiger partial charge in [-0.3, -0.25) is 0 Å². The van der Waals surface area contributed by atoms with Gasteiger partial charge in [0.05, 0.1) is 6.10 Å². The summed E-state index contributed by atoms with van der Waals surface area (Å²) in [5.41, 5.74) is 0.924. The Bertz CT molecular complexity index is 282. The lowest BCUT2D eigenvalue weighted by atomic mass is 9.63. The van der Waals surface area contributed by atoms with E-state index in [0.717, 1.165) is 19.1 Å². The lowest BCUT2D eigenvalue weighted by Crippen LogP contribution is -2.42. The molecule has 0 spiro atoms. The summed E-state index contributed by atoms with van der Waals surface area (Å²) in [7, 11) is 0. The van der Waals surface area contributed by atoms with Gasteiger partial charge in [0.25, 0.3) is 0 Å². The Hall–Kier alpha value is -0.0800. The van der Waals surface area contributed by atoms with Gasteiger partial charge in [-0.2, -0.15) is 0 Å². The maximum Gasteiger partial charge on any atom is 0.0518 e. The van der Waals surface area contributed by atoms with Crippen molar-refractivity contribution in [1.29, 1.82) is 0 Å². The molecule has 0 bridgehead atoms. The predicted molar refractivity (Wildman–Crippen MR) is 92.7 cm³/mol. The van der Waals surface area contributed by atoms with Crippen LogP contribution in [0.2, 0.25) is 0 Å². The van der Waals surface area contributed by atoms with E-state index in [2.05, 4.69) is 53.8 Å². The molecular weight excluding hydrogens is 258 g/mol. The Morgan fingerprint density at radius 3 is 2.10 bits per heavy atom. The molecule has 0 amide bonds. The van der Waals surface area contributed by atoms with Crippen molar-refractivity contribution in [3.63, 3.8) is 0 Å². The van der Waals surface area contributed by atoms with Crippen molar-refractivity contribution in [3.05, 3.63) is 0 Å². The van der Waals surface area contributed by atoms with Gasteiger partial charge in [0.2, 0.25) is 0 Å². The van der Waals surface area contributed by atoms with E-state index < -0.39 is 0 Å². The fourth-order valence-electron chi connectivity index (χ4n) is 3.54. The quantitative estimate of drug-likeness (QED) is 0.712. The number of ether oxygens (including phenoxy) is 1. The van der Waals surface area contributed by atoms with Crippen LogP contribution in [0.15, 0.2) is 0 Å². The average Bonchev–Trinajstić information content (AvgIpc) is 2.35. The second kappa shape index (κ2) is 7.97. The van der Waals surface area contributed by atoms with E-state index in [9.17, 15) is 0 Å². The third-order valence-corrected chi connectivity index (χ3v) is 5.24. The fraction of sp³-hybridized carbons (Fsp3) is 1.00. The highest BCUT2D eigenvalue weighted by molar-refractivity contribution is 4.90. The number of rotatable bonds is 7. The Labute approximate surface area is 133 Å². The Balaban J connectivity index is 2.58. The molecule has 0 aromatic heterocycles. The van der Waals surface area contributed by atoms with Crippen LogP contribution < -0.4 is 5.32 Å². The van der Waals surface area contributed by atoms with Crippen LogP contribution in [0.25, 0.3) is 0 Å². The van der Waals surface area contributed by atoms with Crippen molar-refractivity contribution in [3.8, 4) is 0 Å². The van der Waals surface area contributed by atoms with Crippen LogP contribution in [0.5, 0.6) is 0 Å². The van der Waals surface area contributed by atoms with Crippen molar-refractivity contribution >= 4 is 0 Å². The van der Waals surface area contributed by atoms with E-state index in [4.69, 9.17) is 4.74 Å². The normalized spacial score (nSPS) is 27.6. The molecule has 1 rings (SSSR count). The zero-order valence-corrected chi connectivity index (χ0v) is 15.6. The highest BCUT2D eigenvalue weighted by atomic mass is 16.5. The standard InChI is InChI=1S/C19H39NO/c1-15(2)20-14-19(12-13-21-16(3)4)10-8-17(9-11-19)18(5,6)7/h15-17,20H,8-14H2,1-7H3. The van der Waals surface area contributed by atoms with Gasteiger partial charge in [0, 0.05) is 19.2 Å². The second-order valence-electron chi connectivity index (χ2n) is 8.85. The van der Waals surface area contributed by atoms with E-state index in [0.29, 0.717) is 23.0 Å². The van der Waals surface area contributed by atoms with Gasteiger partial charge in [-0.05, 0) is 62.7 Å². The molecule has 0 aromatic carbocycles. The molecule has 2 heteroatoms. The molecule has 0 saturated heterocycles. The summed E-state index contributed by atoms with van der Waals surface area (Å²) in [4.78, 5) is 0. The third kappa shape index (κ3) is 6.69. The molecule has 0 atom stereocenters. The molecule has 1 N–H and O–H groups in total. The zero-order chi connectivity index (χ0) is 16.1. The van der Waals surface area contributed by atoms with Crippen molar-refractivity contribution < 1.29 is 4.74 Å². The van der Waals surface area contributed by atoms with Crippen LogP contribution in [0.1, 0.15) is 80.6 Å². The summed E-state index contributed by atoms with van der Waals surface area (Å²) in [6.07, 6.45) is 7.04. The fourth-order valence-corrected chi connectivity index (χ4v) is 3.54. The van der Waals surface area contributed by atoms with Gasteiger partial charge in [0.15, 0.2) is 0 Å². The predicted octanol–water partition coefficient (Wildman–Crippen LogP) is 5.02. The zero-order valence-electron chi connectivity index (χ0n) is 15.6. The summed E-state index contributed by atoms with van der Waals surface area (Å²) >= 11 is 0. The summed E-state index contributed by atoms with van der Waals surface area (Å²) in [5.74, 6) is 0.885. The van der Waals surface area contributed by atoms with Gasteiger partial charge < -0.3 is 10.1 Å². The summed E-state index contributed by atoms with van der Waals surface area (Å²) in [6.45, 7) is 18.0. The smallest absolute Gasteiger partial charge is 0.0518 e. The second-order valence-corrected chi connectivity index (χ2v) is 8.85. The van der Waals surface area contributed by atoms with E-state index in [1.165, 1.54) is 32.1 Å². The minimum Gasteiger partial charge on any atom is -0.379 e. The van der Waals surface area contributed by atoms with Crippen LogP contribution in [0.4, 0.5) is 0 Å².